The van der Waals surface area contributed by atoms with Gasteiger partial charge in [-0.15, -0.1) is 0 Å². The Hall–Kier alpha value is -0.900. The lowest BCUT2D eigenvalue weighted by atomic mass is 10.1. The number of aryl methyl sites for hydroxylation is 1. The van der Waals surface area contributed by atoms with Gasteiger partial charge in [-0.3, -0.25) is 4.79 Å². The van der Waals surface area contributed by atoms with E-state index < -0.39 is 0 Å². The molecule has 0 N–H and O–H groups in total. The second-order valence-corrected chi connectivity index (χ2v) is 4.17. The smallest absolute Gasteiger partial charge is 0.253 e. The standard InChI is InChI=1S/C11H13BrFNO/c1-8-7-9(13)3-4-10(8)11(15)14(2)6-5-12/h3-4,7H,5-6H2,1-2H3. The van der Waals surface area contributed by atoms with Gasteiger partial charge in [0, 0.05) is 24.5 Å². The van der Waals surface area contributed by atoms with Gasteiger partial charge in [-0.25, -0.2) is 4.39 Å². The lowest BCUT2D eigenvalue weighted by Crippen LogP contribution is -2.29. The van der Waals surface area contributed by atoms with E-state index in [4.69, 9.17) is 0 Å². The quantitative estimate of drug-likeness (QED) is 0.776. The van der Waals surface area contributed by atoms with Crippen molar-refractivity contribution < 1.29 is 9.18 Å². The number of hydrogen-bond acceptors (Lipinski definition) is 1. The summed E-state index contributed by atoms with van der Waals surface area (Å²) in [5, 5.41) is 0.732. The third kappa shape index (κ3) is 3.02. The zero-order valence-corrected chi connectivity index (χ0v) is 10.3. The van der Waals surface area contributed by atoms with Crippen molar-refractivity contribution in [1.29, 1.82) is 0 Å². The van der Waals surface area contributed by atoms with Gasteiger partial charge in [-0.1, -0.05) is 15.9 Å². The lowest BCUT2D eigenvalue weighted by molar-refractivity contribution is 0.0803. The predicted octanol–water partition coefficient (Wildman–Crippen LogP) is 2.60. The monoisotopic (exact) mass is 273 g/mol. The van der Waals surface area contributed by atoms with Crippen LogP contribution in [0.3, 0.4) is 0 Å². The molecule has 0 radical (unpaired) electrons. The van der Waals surface area contributed by atoms with Crippen LogP contribution in [0.2, 0.25) is 0 Å². The van der Waals surface area contributed by atoms with Crippen molar-refractivity contribution in [2.24, 2.45) is 0 Å². The molecule has 0 saturated carbocycles. The van der Waals surface area contributed by atoms with Crippen LogP contribution in [0.25, 0.3) is 0 Å². The van der Waals surface area contributed by atoms with Crippen molar-refractivity contribution in [2.45, 2.75) is 6.92 Å². The molecule has 82 valence electrons. The molecule has 0 aliphatic carbocycles. The third-order valence-electron chi connectivity index (χ3n) is 2.19. The molecule has 0 atom stereocenters. The minimum Gasteiger partial charge on any atom is -0.341 e. The minimum absolute atomic E-state index is 0.0769. The fourth-order valence-electron chi connectivity index (χ4n) is 1.30. The van der Waals surface area contributed by atoms with E-state index in [0.717, 1.165) is 5.33 Å². The maximum absolute atomic E-state index is 12.8. The molecule has 1 amide bonds. The zero-order valence-electron chi connectivity index (χ0n) is 8.76. The third-order valence-corrected chi connectivity index (χ3v) is 2.54. The van der Waals surface area contributed by atoms with Crippen LogP contribution in [0.15, 0.2) is 18.2 Å². The van der Waals surface area contributed by atoms with Crippen LogP contribution in [-0.2, 0) is 0 Å². The topological polar surface area (TPSA) is 20.3 Å². The van der Waals surface area contributed by atoms with E-state index in [1.54, 1.807) is 18.9 Å². The second-order valence-electron chi connectivity index (χ2n) is 3.37. The Labute approximate surface area is 97.2 Å². The zero-order chi connectivity index (χ0) is 11.4. The van der Waals surface area contributed by atoms with Gasteiger partial charge < -0.3 is 4.90 Å². The number of alkyl halides is 1. The summed E-state index contributed by atoms with van der Waals surface area (Å²) in [7, 11) is 1.73. The molecule has 0 unspecified atom stereocenters. The SMILES string of the molecule is Cc1cc(F)ccc1C(=O)N(C)CCBr. The van der Waals surface area contributed by atoms with Gasteiger partial charge in [0.15, 0.2) is 0 Å². The van der Waals surface area contributed by atoms with Crippen molar-refractivity contribution in [3.63, 3.8) is 0 Å². The van der Waals surface area contributed by atoms with Crippen LogP contribution < -0.4 is 0 Å². The van der Waals surface area contributed by atoms with Crippen LogP contribution in [-0.4, -0.2) is 29.7 Å². The molecule has 0 heterocycles. The van der Waals surface area contributed by atoms with Crippen LogP contribution in [0.1, 0.15) is 15.9 Å². The molecule has 2 nitrogen and oxygen atoms in total. The van der Waals surface area contributed by atoms with Gasteiger partial charge in [-0.2, -0.15) is 0 Å². The summed E-state index contributed by atoms with van der Waals surface area (Å²) in [6.45, 7) is 2.37. The van der Waals surface area contributed by atoms with Crippen molar-refractivity contribution in [3.8, 4) is 0 Å². The minimum atomic E-state index is -0.313. The Balaban J connectivity index is 2.91. The predicted molar refractivity (Wildman–Crippen MR) is 61.9 cm³/mol. The molecule has 15 heavy (non-hydrogen) atoms. The first-order chi connectivity index (χ1) is 7.06. The number of rotatable bonds is 3. The molecule has 0 saturated heterocycles. The Morgan fingerprint density at radius 2 is 2.20 bits per heavy atom. The first-order valence-corrected chi connectivity index (χ1v) is 5.76. The summed E-state index contributed by atoms with van der Waals surface area (Å²) in [6, 6.07) is 4.20. The van der Waals surface area contributed by atoms with E-state index in [2.05, 4.69) is 15.9 Å². The summed E-state index contributed by atoms with van der Waals surface area (Å²) in [6.07, 6.45) is 0. The fourth-order valence-corrected chi connectivity index (χ4v) is 1.83. The Bertz CT molecular complexity index is 368. The van der Waals surface area contributed by atoms with E-state index >= 15 is 0 Å². The van der Waals surface area contributed by atoms with E-state index in [-0.39, 0.29) is 11.7 Å². The molecule has 0 bridgehead atoms. The van der Waals surface area contributed by atoms with Crippen molar-refractivity contribution in [3.05, 3.63) is 35.1 Å². The van der Waals surface area contributed by atoms with Crippen molar-refractivity contribution >= 4 is 21.8 Å². The van der Waals surface area contributed by atoms with Crippen molar-refractivity contribution in [1.82, 2.24) is 4.90 Å². The number of carbonyl (C=O) groups excluding carboxylic acids is 1. The first-order valence-electron chi connectivity index (χ1n) is 4.64. The highest BCUT2D eigenvalue weighted by atomic mass is 79.9. The van der Waals surface area contributed by atoms with Gasteiger partial charge in [0.1, 0.15) is 5.82 Å². The fraction of sp³-hybridized carbons (Fsp3) is 0.364. The second kappa shape index (κ2) is 5.26. The largest absolute Gasteiger partial charge is 0.341 e. The molecular formula is C11H13BrFNO. The number of hydrogen-bond donors (Lipinski definition) is 0. The number of halogens is 2. The average Bonchev–Trinajstić information content (AvgIpc) is 2.17. The molecule has 4 heteroatoms. The molecule has 1 rings (SSSR count). The van der Waals surface area contributed by atoms with Gasteiger partial charge in [0.25, 0.3) is 5.91 Å². The summed E-state index contributed by atoms with van der Waals surface area (Å²) < 4.78 is 12.8. The van der Waals surface area contributed by atoms with E-state index in [1.807, 2.05) is 0 Å². The Morgan fingerprint density at radius 1 is 1.53 bits per heavy atom. The summed E-state index contributed by atoms with van der Waals surface area (Å²) in [5.74, 6) is -0.390. The highest BCUT2D eigenvalue weighted by Crippen LogP contribution is 2.12. The van der Waals surface area contributed by atoms with Gasteiger partial charge in [0.2, 0.25) is 0 Å². The molecule has 0 fully saturated rings. The van der Waals surface area contributed by atoms with Crippen LogP contribution in [0.4, 0.5) is 4.39 Å². The molecule has 0 aliphatic heterocycles. The molecule has 1 aromatic rings. The molecule has 0 spiro atoms. The molecular weight excluding hydrogens is 261 g/mol. The van der Waals surface area contributed by atoms with Gasteiger partial charge >= 0.3 is 0 Å². The molecule has 0 aromatic heterocycles. The van der Waals surface area contributed by atoms with E-state index in [0.29, 0.717) is 17.7 Å². The van der Waals surface area contributed by atoms with Crippen LogP contribution in [0.5, 0.6) is 0 Å². The van der Waals surface area contributed by atoms with Crippen LogP contribution >= 0.6 is 15.9 Å². The average molecular weight is 274 g/mol. The van der Waals surface area contributed by atoms with E-state index in [1.165, 1.54) is 18.2 Å². The van der Waals surface area contributed by atoms with Crippen molar-refractivity contribution in [2.75, 3.05) is 18.9 Å². The molecule has 0 aliphatic rings. The molecule has 1 aromatic carbocycles. The summed E-state index contributed by atoms with van der Waals surface area (Å²) >= 11 is 3.27. The lowest BCUT2D eigenvalue weighted by Gasteiger charge is -2.16. The highest BCUT2D eigenvalue weighted by Gasteiger charge is 2.13. The van der Waals surface area contributed by atoms with Gasteiger partial charge in [0.05, 0.1) is 0 Å². The van der Waals surface area contributed by atoms with E-state index in [9.17, 15) is 9.18 Å². The summed E-state index contributed by atoms with van der Waals surface area (Å²) in [5.41, 5.74) is 1.22. The summed E-state index contributed by atoms with van der Waals surface area (Å²) in [4.78, 5) is 13.5. The van der Waals surface area contributed by atoms with Gasteiger partial charge in [-0.05, 0) is 30.7 Å². The normalized spacial score (nSPS) is 10.1. The number of amides is 1. The van der Waals surface area contributed by atoms with Crippen LogP contribution in [0, 0.1) is 12.7 Å². The number of benzene rings is 1. The highest BCUT2D eigenvalue weighted by molar-refractivity contribution is 9.09. The number of carbonyl (C=O) groups is 1. The maximum atomic E-state index is 12.8. The maximum Gasteiger partial charge on any atom is 0.253 e. The Morgan fingerprint density at radius 3 is 2.73 bits per heavy atom. The first kappa shape index (κ1) is 12.2. The number of nitrogens with zero attached hydrogens (tertiary/aromatic N) is 1. The Kier molecular flexibility index (Phi) is 4.27.